The summed E-state index contributed by atoms with van der Waals surface area (Å²) < 4.78 is 43.2. The number of esters is 3. The Kier molecular flexibility index (Phi) is 20.3. The summed E-state index contributed by atoms with van der Waals surface area (Å²) in [7, 11) is 0. The number of ether oxygens (including phenoxy) is 8. The van der Waals surface area contributed by atoms with Gasteiger partial charge in [-0.25, -0.2) is 19.2 Å². The largest absolute Gasteiger partial charge is 0.490 e. The van der Waals surface area contributed by atoms with Gasteiger partial charge in [-0.3, -0.25) is 4.79 Å². The van der Waals surface area contributed by atoms with Crippen LogP contribution in [0.4, 0.5) is 9.59 Å². The molecule has 306 valence electrons. The maximum absolute atomic E-state index is 13.2. The monoisotopic (exact) mass is 784 g/mol. The molecule has 0 heterocycles. The molecular formula is C40H52N2O14. The average Bonchev–Trinajstić information content (AvgIpc) is 3.17. The lowest BCUT2D eigenvalue weighted by atomic mass is 9.86. The third-order valence-corrected chi connectivity index (χ3v) is 7.22. The highest BCUT2D eigenvalue weighted by atomic mass is 16.6. The quantitative estimate of drug-likeness (QED) is 0.0319. The van der Waals surface area contributed by atoms with E-state index in [0.717, 1.165) is 0 Å². The summed E-state index contributed by atoms with van der Waals surface area (Å²) in [4.78, 5) is 62.7. The molecule has 0 bridgehead atoms. The Hall–Kier alpha value is -5.87. The standard InChI is InChI=1S/C40H52N2O14/c1-27(2)34(43)49-20-18-41-38(47)55-32(23-51-30-14-10-8-11-15-30)25-53-36(45)29(5)22-40(6,7)37(46)54-26-33(24-52-31-16-12-9-13-17-31)56-39(48)42-19-21-50-35(44)28(3)4/h8-17,32-33,35,44H,1,3,5,18-26H2,2,4,6-7H3,(H,41,47)(H,42,48). The van der Waals surface area contributed by atoms with E-state index >= 15 is 0 Å². The highest BCUT2D eigenvalue weighted by Gasteiger charge is 2.33. The fourth-order valence-electron chi connectivity index (χ4n) is 4.23. The fraction of sp³-hybridized carbons (Fsp3) is 0.425. The predicted octanol–water partition coefficient (Wildman–Crippen LogP) is 4.42. The van der Waals surface area contributed by atoms with Crippen molar-refractivity contribution >= 4 is 30.1 Å². The van der Waals surface area contributed by atoms with E-state index < -0.39 is 60.6 Å². The number of aliphatic hydroxyl groups is 1. The van der Waals surface area contributed by atoms with Gasteiger partial charge in [-0.2, -0.15) is 0 Å². The molecule has 0 aliphatic heterocycles. The number of nitrogens with one attached hydrogen (secondary N) is 2. The van der Waals surface area contributed by atoms with Crippen LogP contribution >= 0.6 is 0 Å². The van der Waals surface area contributed by atoms with E-state index in [9.17, 15) is 29.1 Å². The van der Waals surface area contributed by atoms with Gasteiger partial charge in [0, 0.05) is 17.7 Å². The molecule has 0 radical (unpaired) electrons. The average molecular weight is 785 g/mol. The number of para-hydroxylation sites is 2. The maximum Gasteiger partial charge on any atom is 0.407 e. The molecule has 56 heavy (non-hydrogen) atoms. The Morgan fingerprint density at radius 3 is 1.64 bits per heavy atom. The van der Waals surface area contributed by atoms with Crippen LogP contribution < -0.4 is 20.1 Å². The second kappa shape index (κ2) is 24.5. The minimum Gasteiger partial charge on any atom is -0.490 e. The van der Waals surface area contributed by atoms with E-state index in [1.165, 1.54) is 20.8 Å². The van der Waals surface area contributed by atoms with Gasteiger partial charge in [0.1, 0.15) is 44.5 Å². The van der Waals surface area contributed by atoms with Crippen molar-refractivity contribution in [2.24, 2.45) is 5.41 Å². The van der Waals surface area contributed by atoms with E-state index in [4.69, 9.17) is 37.9 Å². The van der Waals surface area contributed by atoms with Gasteiger partial charge in [0.25, 0.3) is 0 Å². The minimum atomic E-state index is -1.29. The van der Waals surface area contributed by atoms with Crippen molar-refractivity contribution in [3.8, 4) is 11.5 Å². The summed E-state index contributed by atoms with van der Waals surface area (Å²) in [5, 5.41) is 14.6. The van der Waals surface area contributed by atoms with Crippen molar-refractivity contribution in [1.29, 1.82) is 0 Å². The van der Waals surface area contributed by atoms with Crippen LogP contribution in [0.3, 0.4) is 0 Å². The highest BCUT2D eigenvalue weighted by Crippen LogP contribution is 2.27. The zero-order chi connectivity index (χ0) is 41.5. The molecule has 0 spiro atoms. The summed E-state index contributed by atoms with van der Waals surface area (Å²) in [5.74, 6) is -1.23. The molecule has 2 aromatic carbocycles. The van der Waals surface area contributed by atoms with Gasteiger partial charge in [-0.1, -0.05) is 56.1 Å². The molecule has 16 heteroatoms. The molecular weight excluding hydrogens is 732 g/mol. The summed E-state index contributed by atoms with van der Waals surface area (Å²) in [6.45, 7) is 15.7. The second-order valence-electron chi connectivity index (χ2n) is 13.0. The zero-order valence-electron chi connectivity index (χ0n) is 32.2. The van der Waals surface area contributed by atoms with Gasteiger partial charge < -0.3 is 53.6 Å². The number of hydrogen-bond acceptors (Lipinski definition) is 14. The Labute approximate surface area is 326 Å². The molecule has 0 saturated heterocycles. The van der Waals surface area contributed by atoms with Crippen molar-refractivity contribution in [2.75, 3.05) is 52.7 Å². The molecule has 3 atom stereocenters. The first-order valence-electron chi connectivity index (χ1n) is 17.6. The molecule has 0 aliphatic carbocycles. The first-order valence-corrected chi connectivity index (χ1v) is 17.6. The summed E-state index contributed by atoms with van der Waals surface area (Å²) in [6, 6.07) is 17.4. The molecule has 3 N–H and O–H groups in total. The smallest absolute Gasteiger partial charge is 0.407 e. The molecule has 2 rings (SSSR count). The van der Waals surface area contributed by atoms with E-state index in [2.05, 4.69) is 30.4 Å². The van der Waals surface area contributed by atoms with Crippen LogP contribution in [0.2, 0.25) is 0 Å². The number of carbonyl (C=O) groups is 5. The lowest BCUT2D eigenvalue weighted by Crippen LogP contribution is -2.38. The van der Waals surface area contributed by atoms with Crippen LogP contribution in [0.5, 0.6) is 11.5 Å². The number of benzene rings is 2. The highest BCUT2D eigenvalue weighted by molar-refractivity contribution is 5.89. The van der Waals surface area contributed by atoms with Gasteiger partial charge in [-0.05, 0) is 64.0 Å². The number of hydrogen-bond donors (Lipinski definition) is 3. The third kappa shape index (κ3) is 18.9. The lowest BCUT2D eigenvalue weighted by Gasteiger charge is -2.25. The minimum absolute atomic E-state index is 0.00929. The maximum atomic E-state index is 13.2. The van der Waals surface area contributed by atoms with E-state index in [1.54, 1.807) is 67.6 Å². The number of carbonyl (C=O) groups excluding carboxylic acids is 5. The van der Waals surface area contributed by atoms with E-state index in [-0.39, 0.29) is 63.7 Å². The first kappa shape index (κ1) is 46.3. The molecule has 0 aliphatic rings. The van der Waals surface area contributed by atoms with Gasteiger partial charge in [0.2, 0.25) is 0 Å². The van der Waals surface area contributed by atoms with E-state index in [1.807, 2.05) is 0 Å². The van der Waals surface area contributed by atoms with Crippen molar-refractivity contribution in [1.82, 2.24) is 10.6 Å². The number of alkyl carbamates (subject to hydrolysis) is 2. The Morgan fingerprint density at radius 1 is 0.679 bits per heavy atom. The van der Waals surface area contributed by atoms with Gasteiger partial charge >= 0.3 is 30.1 Å². The zero-order valence-corrected chi connectivity index (χ0v) is 32.2. The van der Waals surface area contributed by atoms with E-state index in [0.29, 0.717) is 17.1 Å². The molecule has 3 unspecified atom stereocenters. The fourth-order valence-corrected chi connectivity index (χ4v) is 4.23. The Bertz CT molecular complexity index is 1610. The SMILES string of the molecule is C=C(C)C(=O)OCCNC(=O)OC(COC(=O)C(=C)CC(C)(C)C(=O)OCC(COc1ccccc1)OC(=O)NCCOC(O)C(=C)C)COc1ccccc1. The van der Waals surface area contributed by atoms with Crippen molar-refractivity contribution in [3.05, 3.63) is 97.1 Å². The topological polar surface area (TPSA) is 203 Å². The third-order valence-electron chi connectivity index (χ3n) is 7.22. The number of amides is 2. The van der Waals surface area contributed by atoms with Crippen molar-refractivity contribution in [3.63, 3.8) is 0 Å². The molecule has 2 aromatic rings. The van der Waals surface area contributed by atoms with Crippen LogP contribution in [-0.2, 0) is 42.8 Å². The number of aliphatic hydroxyl groups excluding tert-OH is 1. The van der Waals surface area contributed by atoms with Gasteiger partial charge in [0.15, 0.2) is 18.5 Å². The van der Waals surface area contributed by atoms with Crippen LogP contribution in [0, 0.1) is 5.41 Å². The molecule has 0 fully saturated rings. The lowest BCUT2D eigenvalue weighted by molar-refractivity contribution is -0.157. The molecule has 0 aromatic heterocycles. The van der Waals surface area contributed by atoms with Crippen LogP contribution in [0.1, 0.15) is 34.1 Å². The first-order chi connectivity index (χ1) is 26.6. The van der Waals surface area contributed by atoms with Crippen LogP contribution in [0.15, 0.2) is 97.1 Å². The van der Waals surface area contributed by atoms with Crippen molar-refractivity contribution in [2.45, 2.75) is 52.6 Å². The number of rotatable bonds is 25. The summed E-state index contributed by atoms with van der Waals surface area (Å²) >= 11 is 0. The van der Waals surface area contributed by atoms with Gasteiger partial charge in [-0.15, -0.1) is 0 Å². The summed E-state index contributed by atoms with van der Waals surface area (Å²) in [5.41, 5.74) is -0.749. The normalized spacial score (nSPS) is 12.4. The summed E-state index contributed by atoms with van der Waals surface area (Å²) in [6.07, 6.45) is -5.18. The second-order valence-corrected chi connectivity index (χ2v) is 13.0. The predicted molar refractivity (Wildman–Crippen MR) is 202 cm³/mol. The van der Waals surface area contributed by atoms with Crippen LogP contribution in [-0.4, -0.2) is 106 Å². The Balaban J connectivity index is 1.94. The van der Waals surface area contributed by atoms with Crippen molar-refractivity contribution < 1.29 is 67.0 Å². The molecule has 16 nitrogen and oxygen atoms in total. The molecule has 2 amide bonds. The molecule has 0 saturated carbocycles. The van der Waals surface area contributed by atoms with Gasteiger partial charge in [0.05, 0.1) is 18.6 Å². The Morgan fingerprint density at radius 2 is 1.16 bits per heavy atom. The van der Waals surface area contributed by atoms with Crippen LogP contribution in [0.25, 0.3) is 0 Å².